The van der Waals surface area contributed by atoms with Crippen molar-refractivity contribution < 1.29 is 9.18 Å². The normalized spacial score (nSPS) is 15.0. The number of nitrogens with zero attached hydrogens (tertiary/aromatic N) is 4. The van der Waals surface area contributed by atoms with Gasteiger partial charge >= 0.3 is 0 Å². The van der Waals surface area contributed by atoms with Crippen LogP contribution in [0.15, 0.2) is 60.7 Å². The molecule has 6 nitrogen and oxygen atoms in total. The fourth-order valence-electron chi connectivity index (χ4n) is 4.72. The van der Waals surface area contributed by atoms with Crippen molar-refractivity contribution in [3.63, 3.8) is 0 Å². The van der Waals surface area contributed by atoms with Gasteiger partial charge in [-0.2, -0.15) is 5.10 Å². The molecule has 1 aliphatic heterocycles. The zero-order valence-electron chi connectivity index (χ0n) is 19.5. The van der Waals surface area contributed by atoms with Crippen LogP contribution in [0.5, 0.6) is 0 Å². The number of halogens is 1. The lowest BCUT2D eigenvalue weighted by Gasteiger charge is -2.32. The first-order valence-electron chi connectivity index (χ1n) is 11.7. The number of benzene rings is 2. The molecule has 1 amide bonds. The summed E-state index contributed by atoms with van der Waals surface area (Å²) < 4.78 is 15.4. The van der Waals surface area contributed by atoms with E-state index in [-0.39, 0.29) is 17.8 Å². The van der Waals surface area contributed by atoms with Gasteiger partial charge in [-0.1, -0.05) is 36.4 Å². The maximum atomic E-state index is 13.8. The third-order valence-electron chi connectivity index (χ3n) is 6.41. The van der Waals surface area contributed by atoms with Gasteiger partial charge in [-0.3, -0.25) is 9.69 Å². The molecule has 34 heavy (non-hydrogen) atoms. The Morgan fingerprint density at radius 1 is 1.06 bits per heavy atom. The highest BCUT2D eigenvalue weighted by Gasteiger charge is 2.24. The molecule has 0 radical (unpaired) electrons. The molecule has 7 heteroatoms. The molecule has 0 saturated carbocycles. The Morgan fingerprint density at radius 3 is 2.56 bits per heavy atom. The average molecular weight is 458 g/mol. The van der Waals surface area contributed by atoms with E-state index in [1.807, 2.05) is 26.0 Å². The molecule has 1 saturated heterocycles. The summed E-state index contributed by atoms with van der Waals surface area (Å²) in [5, 5.41) is 8.52. The van der Waals surface area contributed by atoms with Gasteiger partial charge in [0.2, 0.25) is 0 Å². The Hall–Kier alpha value is -3.58. The van der Waals surface area contributed by atoms with E-state index in [4.69, 9.17) is 0 Å². The highest BCUT2D eigenvalue weighted by Crippen LogP contribution is 2.26. The van der Waals surface area contributed by atoms with Gasteiger partial charge in [-0.25, -0.2) is 14.1 Å². The first kappa shape index (κ1) is 22.2. The quantitative estimate of drug-likeness (QED) is 0.477. The molecule has 2 aromatic heterocycles. The molecular formula is C27H28FN5O. The number of carbonyl (C=O) groups is 1. The van der Waals surface area contributed by atoms with E-state index in [0.717, 1.165) is 32.5 Å². The molecule has 1 fully saturated rings. The number of likely N-dealkylation sites (tertiary alicyclic amines) is 1. The van der Waals surface area contributed by atoms with Crippen LogP contribution >= 0.6 is 0 Å². The molecule has 174 valence electrons. The van der Waals surface area contributed by atoms with Crippen molar-refractivity contribution >= 4 is 16.9 Å². The lowest BCUT2D eigenvalue weighted by Crippen LogP contribution is -2.44. The molecule has 1 aliphatic rings. The zero-order valence-corrected chi connectivity index (χ0v) is 19.5. The minimum Gasteiger partial charge on any atom is -0.349 e. The van der Waals surface area contributed by atoms with Crippen LogP contribution in [0.3, 0.4) is 0 Å². The smallest absolute Gasteiger partial charge is 0.252 e. The third kappa shape index (κ3) is 4.56. The van der Waals surface area contributed by atoms with Crippen molar-refractivity contribution in [2.24, 2.45) is 0 Å². The van der Waals surface area contributed by atoms with Crippen molar-refractivity contribution in [1.29, 1.82) is 0 Å². The fraction of sp³-hybridized carbons (Fsp3) is 0.296. The first-order valence-corrected chi connectivity index (χ1v) is 11.7. The molecular weight excluding hydrogens is 429 g/mol. The Bertz CT molecular complexity index is 1330. The SMILES string of the molecule is Cc1cc(C(=O)NC2CCN(Cc3ccccc3)CC2)c2c(C)nn(-c3cccc(F)c3)c2n1. The minimum atomic E-state index is -0.344. The van der Waals surface area contributed by atoms with E-state index < -0.39 is 0 Å². The van der Waals surface area contributed by atoms with Crippen LogP contribution in [0, 0.1) is 19.7 Å². The van der Waals surface area contributed by atoms with Crippen molar-refractivity contribution in [1.82, 2.24) is 25.0 Å². The Kier molecular flexibility index (Phi) is 6.11. The Labute approximate surface area is 198 Å². The van der Waals surface area contributed by atoms with Gasteiger partial charge < -0.3 is 5.32 Å². The van der Waals surface area contributed by atoms with Gasteiger partial charge in [0.15, 0.2) is 5.65 Å². The number of aryl methyl sites for hydroxylation is 2. The second kappa shape index (κ2) is 9.35. The van der Waals surface area contributed by atoms with Gasteiger partial charge in [-0.15, -0.1) is 0 Å². The van der Waals surface area contributed by atoms with Gasteiger partial charge in [0.25, 0.3) is 5.91 Å². The van der Waals surface area contributed by atoms with Crippen LogP contribution in [0.2, 0.25) is 0 Å². The zero-order chi connectivity index (χ0) is 23.7. The predicted octanol–water partition coefficient (Wildman–Crippen LogP) is 4.57. The summed E-state index contributed by atoms with van der Waals surface area (Å²) in [5.74, 6) is -0.457. The van der Waals surface area contributed by atoms with E-state index in [1.165, 1.54) is 17.7 Å². The molecule has 4 aromatic rings. The number of fused-ring (bicyclic) bond motifs is 1. The monoisotopic (exact) mass is 457 g/mol. The van der Waals surface area contributed by atoms with Gasteiger partial charge in [-0.05, 0) is 56.5 Å². The van der Waals surface area contributed by atoms with Crippen LogP contribution in [0.4, 0.5) is 4.39 Å². The van der Waals surface area contributed by atoms with Crippen LogP contribution in [-0.2, 0) is 6.54 Å². The number of hydrogen-bond acceptors (Lipinski definition) is 4. The standard InChI is InChI=1S/C27H28FN5O/c1-18-15-24(25-19(2)31-33(26(25)29-18)23-10-6-9-21(28)16-23)27(34)30-22-11-13-32(14-12-22)17-20-7-4-3-5-8-20/h3-10,15-16,22H,11-14,17H2,1-2H3,(H,30,34). The lowest BCUT2D eigenvalue weighted by molar-refractivity contribution is 0.0910. The fourth-order valence-corrected chi connectivity index (χ4v) is 4.72. The van der Waals surface area contributed by atoms with Gasteiger partial charge in [0.1, 0.15) is 5.82 Å². The molecule has 0 bridgehead atoms. The summed E-state index contributed by atoms with van der Waals surface area (Å²) in [5.41, 5.74) is 4.42. The summed E-state index contributed by atoms with van der Waals surface area (Å²) >= 11 is 0. The Morgan fingerprint density at radius 2 is 1.82 bits per heavy atom. The highest BCUT2D eigenvalue weighted by atomic mass is 19.1. The second-order valence-electron chi connectivity index (χ2n) is 9.00. The number of carbonyl (C=O) groups excluding carboxylic acids is 1. The molecule has 0 unspecified atom stereocenters. The van der Waals surface area contributed by atoms with E-state index >= 15 is 0 Å². The molecule has 1 N–H and O–H groups in total. The molecule has 3 heterocycles. The second-order valence-corrected chi connectivity index (χ2v) is 9.00. The van der Waals surface area contributed by atoms with E-state index in [1.54, 1.807) is 16.8 Å². The molecule has 0 spiro atoms. The summed E-state index contributed by atoms with van der Waals surface area (Å²) in [6, 6.07) is 18.6. The summed E-state index contributed by atoms with van der Waals surface area (Å²) in [6.45, 7) is 6.54. The largest absolute Gasteiger partial charge is 0.349 e. The summed E-state index contributed by atoms with van der Waals surface area (Å²) in [6.07, 6.45) is 1.82. The van der Waals surface area contributed by atoms with Gasteiger partial charge in [0, 0.05) is 31.4 Å². The van der Waals surface area contributed by atoms with Crippen LogP contribution in [0.25, 0.3) is 16.7 Å². The topological polar surface area (TPSA) is 63.1 Å². The van der Waals surface area contributed by atoms with E-state index in [9.17, 15) is 9.18 Å². The summed E-state index contributed by atoms with van der Waals surface area (Å²) in [4.78, 5) is 20.4. The van der Waals surface area contributed by atoms with E-state index in [0.29, 0.717) is 33.7 Å². The number of aromatic nitrogens is 3. The van der Waals surface area contributed by atoms with Crippen molar-refractivity contribution in [2.75, 3.05) is 13.1 Å². The highest BCUT2D eigenvalue weighted by molar-refractivity contribution is 6.06. The number of piperidine rings is 1. The molecule has 0 aliphatic carbocycles. The van der Waals surface area contributed by atoms with Crippen LogP contribution in [-0.4, -0.2) is 44.7 Å². The molecule has 0 atom stereocenters. The van der Waals surface area contributed by atoms with Crippen LogP contribution < -0.4 is 5.32 Å². The maximum Gasteiger partial charge on any atom is 0.252 e. The van der Waals surface area contributed by atoms with Gasteiger partial charge in [0.05, 0.1) is 22.3 Å². The minimum absolute atomic E-state index is 0.112. The van der Waals surface area contributed by atoms with Crippen molar-refractivity contribution in [2.45, 2.75) is 39.3 Å². The number of rotatable bonds is 5. The number of nitrogens with one attached hydrogen (secondary N) is 1. The van der Waals surface area contributed by atoms with Crippen molar-refractivity contribution in [3.8, 4) is 5.69 Å². The summed E-state index contributed by atoms with van der Waals surface area (Å²) in [7, 11) is 0. The third-order valence-corrected chi connectivity index (χ3v) is 6.41. The number of amides is 1. The van der Waals surface area contributed by atoms with Crippen LogP contribution in [0.1, 0.15) is 40.2 Å². The molecule has 2 aromatic carbocycles. The van der Waals surface area contributed by atoms with E-state index in [2.05, 4.69) is 44.6 Å². The van der Waals surface area contributed by atoms with Crippen molar-refractivity contribution in [3.05, 3.63) is 89.0 Å². The number of pyridine rings is 1. The average Bonchev–Trinajstić information content (AvgIpc) is 3.16. The maximum absolute atomic E-state index is 13.8. The number of hydrogen-bond donors (Lipinski definition) is 1. The Balaban J connectivity index is 1.34. The molecule has 5 rings (SSSR count). The first-order chi connectivity index (χ1) is 16.5. The predicted molar refractivity (Wildman–Crippen MR) is 131 cm³/mol. The lowest BCUT2D eigenvalue weighted by atomic mass is 10.0.